The van der Waals surface area contributed by atoms with Crippen LogP contribution >= 0.6 is 11.3 Å². The van der Waals surface area contributed by atoms with Crippen molar-refractivity contribution in [3.05, 3.63) is 41.4 Å². The molecule has 1 aromatic carbocycles. The molecule has 8 heteroatoms. The Morgan fingerprint density at radius 1 is 1.16 bits per heavy atom. The van der Waals surface area contributed by atoms with Crippen LogP contribution in [0.1, 0.15) is 24.2 Å². The zero-order valence-corrected chi connectivity index (χ0v) is 14.5. The highest BCUT2D eigenvalue weighted by atomic mass is 32.1. The van der Waals surface area contributed by atoms with Crippen molar-refractivity contribution in [1.82, 2.24) is 4.98 Å². The Kier molecular flexibility index (Phi) is 4.30. The van der Waals surface area contributed by atoms with Crippen LogP contribution in [0, 0.1) is 17.3 Å². The number of carboxylic acid groups (broad SMARTS) is 1. The van der Waals surface area contributed by atoms with Gasteiger partial charge in [-0.3, -0.25) is 19.7 Å². The number of anilines is 2. The Morgan fingerprint density at radius 2 is 1.88 bits per heavy atom. The fourth-order valence-electron chi connectivity index (χ4n) is 3.04. The molecule has 0 radical (unpaired) electrons. The molecule has 3 rings (SSSR count). The molecule has 1 aromatic heterocycles. The van der Waals surface area contributed by atoms with E-state index in [1.165, 1.54) is 11.3 Å². The number of para-hydroxylation sites is 1. The summed E-state index contributed by atoms with van der Waals surface area (Å²) in [5.74, 6) is -3.12. The van der Waals surface area contributed by atoms with E-state index in [1.807, 2.05) is 0 Å². The van der Waals surface area contributed by atoms with Crippen molar-refractivity contribution >= 4 is 39.9 Å². The fourth-order valence-corrected chi connectivity index (χ4v) is 3.56. The Hall–Kier alpha value is -2.74. The van der Waals surface area contributed by atoms with Crippen LogP contribution in [0.4, 0.5) is 10.8 Å². The maximum Gasteiger partial charge on any atom is 0.307 e. The van der Waals surface area contributed by atoms with Crippen molar-refractivity contribution in [2.45, 2.75) is 13.8 Å². The van der Waals surface area contributed by atoms with Crippen molar-refractivity contribution in [2.24, 2.45) is 17.3 Å². The van der Waals surface area contributed by atoms with Gasteiger partial charge in [0.05, 0.1) is 23.1 Å². The van der Waals surface area contributed by atoms with Crippen molar-refractivity contribution < 1.29 is 19.5 Å². The van der Waals surface area contributed by atoms with Gasteiger partial charge in [-0.1, -0.05) is 26.0 Å². The summed E-state index contributed by atoms with van der Waals surface area (Å²) in [6, 6.07) is 6.58. The maximum atomic E-state index is 12.5. The smallest absolute Gasteiger partial charge is 0.307 e. The fraction of sp³-hybridized carbons (Fsp3) is 0.294. The zero-order chi connectivity index (χ0) is 18.2. The lowest BCUT2D eigenvalue weighted by molar-refractivity contribution is -0.140. The largest absolute Gasteiger partial charge is 0.481 e. The molecule has 7 nitrogen and oxygen atoms in total. The van der Waals surface area contributed by atoms with Crippen LogP contribution < -0.4 is 10.6 Å². The first-order valence-electron chi connectivity index (χ1n) is 7.66. The Labute approximate surface area is 148 Å². The van der Waals surface area contributed by atoms with Crippen LogP contribution in [0.15, 0.2) is 35.8 Å². The van der Waals surface area contributed by atoms with Gasteiger partial charge in [0.25, 0.3) is 5.91 Å². The number of aromatic nitrogens is 1. The molecule has 2 aromatic rings. The summed E-state index contributed by atoms with van der Waals surface area (Å²) in [5, 5.41) is 16.8. The number of benzene rings is 1. The first-order chi connectivity index (χ1) is 11.8. The molecule has 130 valence electrons. The van der Waals surface area contributed by atoms with Crippen LogP contribution in [0.3, 0.4) is 0 Å². The summed E-state index contributed by atoms with van der Waals surface area (Å²) >= 11 is 1.29. The van der Waals surface area contributed by atoms with E-state index < -0.39 is 35.0 Å². The number of thiazole rings is 1. The van der Waals surface area contributed by atoms with Crippen molar-refractivity contribution in [2.75, 3.05) is 10.6 Å². The van der Waals surface area contributed by atoms with E-state index in [1.54, 1.807) is 49.7 Å². The molecular weight excluding hydrogens is 342 g/mol. The molecule has 0 spiro atoms. The van der Waals surface area contributed by atoms with Gasteiger partial charge in [-0.2, -0.15) is 0 Å². The predicted molar refractivity (Wildman–Crippen MR) is 93.5 cm³/mol. The minimum atomic E-state index is -0.986. The van der Waals surface area contributed by atoms with Crippen LogP contribution in [0.5, 0.6) is 0 Å². The van der Waals surface area contributed by atoms with Gasteiger partial charge in [-0.05, 0) is 17.5 Å². The summed E-state index contributed by atoms with van der Waals surface area (Å²) < 4.78 is 0. The molecule has 1 aliphatic carbocycles. The number of hydrogen-bond donors (Lipinski definition) is 3. The highest BCUT2D eigenvalue weighted by Crippen LogP contribution is 2.58. The number of carbonyl (C=O) groups is 3. The first kappa shape index (κ1) is 17.1. The van der Waals surface area contributed by atoms with Crippen LogP contribution in [0.25, 0.3) is 0 Å². The second-order valence-electron chi connectivity index (χ2n) is 6.44. The van der Waals surface area contributed by atoms with Crippen LogP contribution in [0.2, 0.25) is 0 Å². The molecule has 1 fully saturated rings. The van der Waals surface area contributed by atoms with E-state index in [0.29, 0.717) is 10.8 Å². The minimum absolute atomic E-state index is 0.288. The topological polar surface area (TPSA) is 108 Å². The summed E-state index contributed by atoms with van der Waals surface area (Å²) in [6.45, 7) is 3.49. The number of nitrogens with one attached hydrogen (secondary N) is 2. The summed E-state index contributed by atoms with van der Waals surface area (Å²) in [6.07, 6.45) is 1.58. The highest BCUT2D eigenvalue weighted by molar-refractivity contribution is 7.13. The molecule has 1 saturated carbocycles. The van der Waals surface area contributed by atoms with Crippen molar-refractivity contribution in [3.8, 4) is 0 Å². The molecule has 2 atom stereocenters. The third-order valence-electron chi connectivity index (χ3n) is 4.46. The second kappa shape index (κ2) is 6.29. The monoisotopic (exact) mass is 359 g/mol. The second-order valence-corrected chi connectivity index (χ2v) is 7.34. The normalized spacial score (nSPS) is 20.6. The number of carbonyl (C=O) groups excluding carboxylic acids is 2. The molecule has 1 aliphatic rings. The van der Waals surface area contributed by atoms with Crippen molar-refractivity contribution in [3.63, 3.8) is 0 Å². The molecule has 3 N–H and O–H groups in total. The van der Waals surface area contributed by atoms with E-state index in [0.717, 1.165) is 0 Å². The molecular formula is C17H17N3O4S. The van der Waals surface area contributed by atoms with E-state index in [2.05, 4.69) is 15.6 Å². The zero-order valence-electron chi connectivity index (χ0n) is 13.6. The van der Waals surface area contributed by atoms with Gasteiger partial charge in [0.15, 0.2) is 5.13 Å². The lowest BCUT2D eigenvalue weighted by atomic mass is 10.1. The molecule has 1 heterocycles. The Morgan fingerprint density at radius 3 is 2.48 bits per heavy atom. The molecule has 0 bridgehead atoms. The summed E-state index contributed by atoms with van der Waals surface area (Å²) in [5.41, 5.74) is 0.0263. The van der Waals surface area contributed by atoms with Gasteiger partial charge in [0, 0.05) is 11.6 Å². The summed E-state index contributed by atoms with van der Waals surface area (Å²) in [4.78, 5) is 40.1. The van der Waals surface area contributed by atoms with Gasteiger partial charge < -0.3 is 10.4 Å². The van der Waals surface area contributed by atoms with Crippen molar-refractivity contribution in [1.29, 1.82) is 0 Å². The number of amides is 2. The average molecular weight is 359 g/mol. The minimum Gasteiger partial charge on any atom is -0.481 e. The Bertz CT molecular complexity index is 832. The van der Waals surface area contributed by atoms with Gasteiger partial charge in [0.1, 0.15) is 0 Å². The van der Waals surface area contributed by atoms with Gasteiger partial charge in [0.2, 0.25) is 5.91 Å². The van der Waals surface area contributed by atoms with E-state index >= 15 is 0 Å². The first-order valence-corrected chi connectivity index (χ1v) is 8.54. The quantitative estimate of drug-likeness (QED) is 0.760. The SMILES string of the molecule is CC1(C)C(C(=O)O)C1C(=O)Nc1ccccc1C(=O)Nc1nccs1. The van der Waals surface area contributed by atoms with Crippen LogP contribution in [-0.4, -0.2) is 27.9 Å². The Balaban J connectivity index is 1.76. The van der Waals surface area contributed by atoms with Crippen LogP contribution in [-0.2, 0) is 9.59 Å². The number of aliphatic carboxylic acids is 1. The number of hydrogen-bond acceptors (Lipinski definition) is 5. The lowest BCUT2D eigenvalue weighted by Gasteiger charge is -2.11. The van der Waals surface area contributed by atoms with E-state index in [9.17, 15) is 19.5 Å². The molecule has 0 aliphatic heterocycles. The molecule has 0 saturated heterocycles. The molecule has 25 heavy (non-hydrogen) atoms. The number of nitrogens with zero attached hydrogens (tertiary/aromatic N) is 1. The summed E-state index contributed by atoms with van der Waals surface area (Å²) in [7, 11) is 0. The molecule has 2 unspecified atom stereocenters. The van der Waals surface area contributed by atoms with Gasteiger partial charge >= 0.3 is 5.97 Å². The standard InChI is InChI=1S/C17H17N3O4S/c1-17(2)11(12(17)15(23)24)14(22)19-10-6-4-3-5-9(10)13(21)20-16-18-7-8-25-16/h3-8,11-12H,1-2H3,(H,19,22)(H,23,24)(H,18,20,21). The van der Waals surface area contributed by atoms with E-state index in [4.69, 9.17) is 0 Å². The maximum absolute atomic E-state index is 12.5. The lowest BCUT2D eigenvalue weighted by Crippen LogP contribution is -2.21. The average Bonchev–Trinajstić information content (AvgIpc) is 2.88. The van der Waals surface area contributed by atoms with Gasteiger partial charge in [-0.15, -0.1) is 11.3 Å². The third-order valence-corrected chi connectivity index (χ3v) is 5.15. The van der Waals surface area contributed by atoms with E-state index in [-0.39, 0.29) is 5.56 Å². The predicted octanol–water partition coefficient (Wildman–Crippen LogP) is 2.69. The number of rotatable bonds is 5. The number of carboxylic acids is 1. The molecule has 2 amide bonds. The highest BCUT2D eigenvalue weighted by Gasteiger charge is 2.65. The van der Waals surface area contributed by atoms with Gasteiger partial charge in [-0.25, -0.2) is 4.98 Å². The third kappa shape index (κ3) is 3.25.